The molecule has 1 fully saturated rings. The standard InChI is InChI=1S/C18H30N2O/c1-4-20-13-5-6-17(20)14-19-15(2)7-8-16-9-11-18(21-3)12-10-16/h9-12,15,17,19H,4-8,13-14H2,1-3H3. The molecule has 2 rings (SSSR count). The van der Waals surface area contributed by atoms with Gasteiger partial charge in [-0.25, -0.2) is 0 Å². The molecule has 118 valence electrons. The van der Waals surface area contributed by atoms with Gasteiger partial charge < -0.3 is 10.1 Å². The van der Waals surface area contributed by atoms with Crippen molar-refractivity contribution in [2.24, 2.45) is 0 Å². The smallest absolute Gasteiger partial charge is 0.118 e. The van der Waals surface area contributed by atoms with Crippen molar-refractivity contribution in [3.63, 3.8) is 0 Å². The van der Waals surface area contributed by atoms with Crippen molar-refractivity contribution in [3.05, 3.63) is 29.8 Å². The fraction of sp³-hybridized carbons (Fsp3) is 0.667. The molecule has 0 amide bonds. The summed E-state index contributed by atoms with van der Waals surface area (Å²) < 4.78 is 5.19. The van der Waals surface area contributed by atoms with Crippen molar-refractivity contribution in [3.8, 4) is 5.75 Å². The maximum atomic E-state index is 5.19. The summed E-state index contributed by atoms with van der Waals surface area (Å²) in [4.78, 5) is 2.60. The molecule has 1 heterocycles. The van der Waals surface area contributed by atoms with Gasteiger partial charge in [-0.15, -0.1) is 0 Å². The Bertz CT molecular complexity index is 404. The molecule has 0 aromatic heterocycles. The van der Waals surface area contributed by atoms with Gasteiger partial charge in [0.05, 0.1) is 7.11 Å². The first-order valence-corrected chi connectivity index (χ1v) is 8.33. The van der Waals surface area contributed by atoms with Crippen LogP contribution in [-0.4, -0.2) is 43.7 Å². The lowest BCUT2D eigenvalue weighted by Gasteiger charge is -2.25. The van der Waals surface area contributed by atoms with Gasteiger partial charge in [0.1, 0.15) is 5.75 Å². The number of rotatable bonds is 8. The van der Waals surface area contributed by atoms with Gasteiger partial charge in [0.15, 0.2) is 0 Å². The second-order valence-corrected chi connectivity index (χ2v) is 6.12. The Balaban J connectivity index is 1.68. The molecule has 3 heteroatoms. The first kappa shape index (κ1) is 16.3. The Hall–Kier alpha value is -1.06. The molecular formula is C18H30N2O. The summed E-state index contributed by atoms with van der Waals surface area (Å²) in [6, 6.07) is 9.75. The number of ether oxygens (including phenoxy) is 1. The Kier molecular flexibility index (Phi) is 6.52. The lowest BCUT2D eigenvalue weighted by molar-refractivity contribution is 0.254. The number of nitrogens with one attached hydrogen (secondary N) is 1. The van der Waals surface area contributed by atoms with Crippen LogP contribution in [0.2, 0.25) is 0 Å². The molecule has 0 radical (unpaired) electrons. The summed E-state index contributed by atoms with van der Waals surface area (Å²) >= 11 is 0. The fourth-order valence-electron chi connectivity index (χ4n) is 3.16. The first-order valence-electron chi connectivity index (χ1n) is 8.33. The highest BCUT2D eigenvalue weighted by atomic mass is 16.5. The fourth-order valence-corrected chi connectivity index (χ4v) is 3.16. The number of aryl methyl sites for hydroxylation is 1. The number of methoxy groups -OCH3 is 1. The van der Waals surface area contributed by atoms with Crippen LogP contribution in [0.15, 0.2) is 24.3 Å². The molecule has 0 aliphatic carbocycles. The van der Waals surface area contributed by atoms with Gasteiger partial charge in [-0.1, -0.05) is 19.1 Å². The number of likely N-dealkylation sites (N-methyl/N-ethyl adjacent to an activating group) is 1. The summed E-state index contributed by atoms with van der Waals surface area (Å²) in [7, 11) is 1.71. The van der Waals surface area contributed by atoms with Crippen LogP contribution in [-0.2, 0) is 6.42 Å². The average Bonchev–Trinajstić information content (AvgIpc) is 2.99. The van der Waals surface area contributed by atoms with Crippen LogP contribution in [0.3, 0.4) is 0 Å². The molecule has 1 aromatic rings. The quantitative estimate of drug-likeness (QED) is 0.796. The van der Waals surface area contributed by atoms with Gasteiger partial charge in [-0.3, -0.25) is 4.90 Å². The molecule has 0 bridgehead atoms. The second-order valence-electron chi connectivity index (χ2n) is 6.12. The van der Waals surface area contributed by atoms with Crippen LogP contribution in [0.1, 0.15) is 38.7 Å². The zero-order valence-electron chi connectivity index (χ0n) is 13.8. The molecule has 1 N–H and O–H groups in total. The summed E-state index contributed by atoms with van der Waals surface area (Å²) in [5.74, 6) is 0.936. The summed E-state index contributed by atoms with van der Waals surface area (Å²) in [6.45, 7) is 8.17. The molecule has 0 spiro atoms. The molecule has 2 unspecified atom stereocenters. The van der Waals surface area contributed by atoms with Crippen molar-refractivity contribution in [2.45, 2.75) is 51.6 Å². The maximum Gasteiger partial charge on any atom is 0.118 e. The van der Waals surface area contributed by atoms with E-state index < -0.39 is 0 Å². The van der Waals surface area contributed by atoms with Gasteiger partial charge in [-0.05, 0) is 63.4 Å². The van der Waals surface area contributed by atoms with E-state index >= 15 is 0 Å². The summed E-state index contributed by atoms with van der Waals surface area (Å²) in [5, 5.41) is 3.72. The van der Waals surface area contributed by atoms with Gasteiger partial charge in [0.25, 0.3) is 0 Å². The van der Waals surface area contributed by atoms with Crippen LogP contribution >= 0.6 is 0 Å². The zero-order chi connectivity index (χ0) is 15.1. The molecule has 21 heavy (non-hydrogen) atoms. The van der Waals surface area contributed by atoms with Gasteiger partial charge >= 0.3 is 0 Å². The highest BCUT2D eigenvalue weighted by Crippen LogP contribution is 2.16. The van der Waals surface area contributed by atoms with Crippen LogP contribution in [0.25, 0.3) is 0 Å². The van der Waals surface area contributed by atoms with E-state index in [4.69, 9.17) is 4.74 Å². The third kappa shape index (κ3) is 5.01. The third-order valence-electron chi connectivity index (χ3n) is 4.63. The number of hydrogen-bond acceptors (Lipinski definition) is 3. The monoisotopic (exact) mass is 290 g/mol. The normalized spacial score (nSPS) is 20.6. The number of nitrogens with zero attached hydrogens (tertiary/aromatic N) is 1. The first-order chi connectivity index (χ1) is 10.2. The minimum absolute atomic E-state index is 0.575. The lowest BCUT2D eigenvalue weighted by Crippen LogP contribution is -2.41. The molecule has 1 aliphatic heterocycles. The Labute approximate surface area is 129 Å². The van der Waals surface area contributed by atoms with Crippen molar-refractivity contribution < 1.29 is 4.74 Å². The van der Waals surface area contributed by atoms with Crippen LogP contribution in [0, 0.1) is 0 Å². The van der Waals surface area contributed by atoms with Crippen molar-refractivity contribution in [1.82, 2.24) is 10.2 Å². The lowest BCUT2D eigenvalue weighted by atomic mass is 10.1. The van der Waals surface area contributed by atoms with E-state index in [1.807, 2.05) is 12.1 Å². The number of likely N-dealkylation sites (tertiary alicyclic amines) is 1. The van der Waals surface area contributed by atoms with Gasteiger partial charge in [-0.2, -0.15) is 0 Å². The SMILES string of the molecule is CCN1CCCC1CNC(C)CCc1ccc(OC)cc1. The minimum Gasteiger partial charge on any atom is -0.497 e. The number of hydrogen-bond donors (Lipinski definition) is 1. The van der Waals surface area contributed by atoms with E-state index in [0.717, 1.165) is 24.8 Å². The van der Waals surface area contributed by atoms with E-state index in [1.54, 1.807) is 7.11 Å². The van der Waals surface area contributed by atoms with E-state index in [9.17, 15) is 0 Å². The van der Waals surface area contributed by atoms with E-state index in [-0.39, 0.29) is 0 Å². The summed E-state index contributed by atoms with van der Waals surface area (Å²) in [5.41, 5.74) is 1.39. The van der Waals surface area contributed by atoms with Crippen LogP contribution in [0.4, 0.5) is 0 Å². The summed E-state index contributed by atoms with van der Waals surface area (Å²) in [6.07, 6.45) is 5.03. The molecule has 1 aromatic carbocycles. The maximum absolute atomic E-state index is 5.19. The van der Waals surface area contributed by atoms with Crippen molar-refractivity contribution in [1.29, 1.82) is 0 Å². The van der Waals surface area contributed by atoms with E-state index in [1.165, 1.54) is 37.9 Å². The average molecular weight is 290 g/mol. The van der Waals surface area contributed by atoms with E-state index in [0.29, 0.717) is 6.04 Å². The van der Waals surface area contributed by atoms with Gasteiger partial charge in [0, 0.05) is 18.6 Å². The highest BCUT2D eigenvalue weighted by molar-refractivity contribution is 5.27. The largest absolute Gasteiger partial charge is 0.497 e. The molecule has 3 nitrogen and oxygen atoms in total. The topological polar surface area (TPSA) is 24.5 Å². The molecule has 1 saturated heterocycles. The minimum atomic E-state index is 0.575. The predicted octanol–water partition coefficient (Wildman–Crippen LogP) is 3.09. The van der Waals surface area contributed by atoms with Crippen LogP contribution < -0.4 is 10.1 Å². The third-order valence-corrected chi connectivity index (χ3v) is 4.63. The second kappa shape index (κ2) is 8.40. The Morgan fingerprint density at radius 3 is 2.76 bits per heavy atom. The van der Waals surface area contributed by atoms with Gasteiger partial charge in [0.2, 0.25) is 0 Å². The van der Waals surface area contributed by atoms with E-state index in [2.05, 4.69) is 36.2 Å². The molecule has 1 aliphatic rings. The molecular weight excluding hydrogens is 260 g/mol. The zero-order valence-corrected chi connectivity index (χ0v) is 13.8. The highest BCUT2D eigenvalue weighted by Gasteiger charge is 2.22. The molecule has 2 atom stereocenters. The molecule has 0 saturated carbocycles. The Morgan fingerprint density at radius 2 is 2.10 bits per heavy atom. The number of benzene rings is 1. The van der Waals surface area contributed by atoms with Crippen molar-refractivity contribution >= 4 is 0 Å². The predicted molar refractivity (Wildman–Crippen MR) is 89.0 cm³/mol. The van der Waals surface area contributed by atoms with Crippen molar-refractivity contribution in [2.75, 3.05) is 26.7 Å². The van der Waals surface area contributed by atoms with Crippen LogP contribution in [0.5, 0.6) is 5.75 Å². The Morgan fingerprint density at radius 1 is 1.33 bits per heavy atom.